The third-order valence-corrected chi connectivity index (χ3v) is 13.6. The molecule has 5 aromatic rings. The summed E-state index contributed by atoms with van der Waals surface area (Å²) < 4.78 is 132. The second-order valence-corrected chi connectivity index (χ2v) is 20.6. The molecule has 31 heteroatoms. The number of halogens is 3. The number of aromatic amines is 1. The van der Waals surface area contributed by atoms with Gasteiger partial charge in [0.15, 0.2) is 5.95 Å². The van der Waals surface area contributed by atoms with Crippen LogP contribution in [0.15, 0.2) is 78.1 Å². The van der Waals surface area contributed by atoms with E-state index in [9.17, 15) is 54.0 Å². The van der Waals surface area contributed by atoms with Crippen LogP contribution in [0.3, 0.4) is 0 Å². The fourth-order valence-corrected chi connectivity index (χ4v) is 9.67. The normalized spacial score (nSPS) is 12.6. The van der Waals surface area contributed by atoms with Crippen molar-refractivity contribution in [1.29, 1.82) is 0 Å². The molecular weight excluding hydrogens is 1120 g/mol. The van der Waals surface area contributed by atoms with E-state index >= 15 is 0 Å². The number of aromatic nitrogens is 4. The predicted octanol–water partition coefficient (Wildman–Crippen LogP) is 2.56. The Kier molecular flexibility index (Phi) is 25.2. The number of amides is 3. The molecule has 5 rings (SSSR count). The van der Waals surface area contributed by atoms with Crippen molar-refractivity contribution in [2.24, 2.45) is 5.73 Å². The first-order valence-electron chi connectivity index (χ1n) is 25.3. The van der Waals surface area contributed by atoms with Gasteiger partial charge in [0.2, 0.25) is 21.8 Å². The van der Waals surface area contributed by atoms with Crippen molar-refractivity contribution in [3.63, 3.8) is 0 Å². The highest BCUT2D eigenvalue weighted by Crippen LogP contribution is 2.27. The van der Waals surface area contributed by atoms with Crippen LogP contribution in [-0.4, -0.2) is 161 Å². The number of anilines is 1. The number of esters is 2. The Balaban J connectivity index is 0.940. The Morgan fingerprint density at radius 2 is 1.44 bits per heavy atom. The molecule has 0 saturated carbocycles. The number of benzene rings is 3. The molecule has 81 heavy (non-hydrogen) atoms. The second-order valence-electron chi connectivity index (χ2n) is 17.9. The molecule has 3 aromatic carbocycles. The molecule has 3 amide bonds. The van der Waals surface area contributed by atoms with Crippen molar-refractivity contribution in [1.82, 2.24) is 40.4 Å². The number of hydrogen-bond acceptors (Lipinski definition) is 19. The van der Waals surface area contributed by atoms with Gasteiger partial charge in [-0.3, -0.25) is 23.6 Å². The standard InChI is InChI=1S/C50H65F3N10O16S2/c1-33-27-39(77-22-3-7-43(64)55-15-5-20-74-23-25-76-26-24-75-21-6-16-56-46(66)40(54)29-35-8-11-38(12-9-35)79-81(71,72)73)28-34(2)44(33)80(69,70)62-41(47(67)78-48(68)50(51,52)53)32-60-45(65)36-10-13-42-37(30-36)31-61-63(42)19-4-14-57-49-58-17-18-59-49/h8-13,17-18,27-28,30-31,40-41,62H,3-7,14-16,19-26,29,32,54H2,1-2H3,(H,55,64)(H,56,66)(H,60,65)(H2,57,58,59)(H,71,72,73). The van der Waals surface area contributed by atoms with E-state index in [-0.39, 0.29) is 64.3 Å². The van der Waals surface area contributed by atoms with Crippen molar-refractivity contribution >= 4 is 66.9 Å². The Bertz CT molecular complexity index is 3070. The monoisotopic (exact) mass is 1180 g/mol. The number of imidazole rings is 1. The number of carbonyl (C=O) groups is 5. The van der Waals surface area contributed by atoms with Crippen molar-refractivity contribution in [3.05, 3.63) is 95.4 Å². The number of nitrogens with zero attached hydrogens (tertiary/aromatic N) is 3. The van der Waals surface area contributed by atoms with Gasteiger partial charge in [0, 0.05) is 75.7 Å². The van der Waals surface area contributed by atoms with E-state index in [1.54, 1.807) is 23.1 Å². The van der Waals surface area contributed by atoms with Crippen molar-refractivity contribution in [2.75, 3.05) is 77.7 Å². The van der Waals surface area contributed by atoms with E-state index in [4.69, 9.17) is 29.2 Å². The van der Waals surface area contributed by atoms with Crippen molar-refractivity contribution in [2.45, 2.75) is 82.1 Å². The summed E-state index contributed by atoms with van der Waals surface area (Å²) >= 11 is 0. The minimum Gasteiger partial charge on any atom is -0.494 e. The number of nitrogens with two attached hydrogens (primary N) is 1. The van der Waals surface area contributed by atoms with Crippen LogP contribution in [-0.2, 0) is 71.5 Å². The summed E-state index contributed by atoms with van der Waals surface area (Å²) in [6, 6.07) is 9.97. The Hall–Kier alpha value is -7.26. The molecule has 0 saturated heterocycles. The lowest BCUT2D eigenvalue weighted by Gasteiger charge is -2.20. The molecule has 0 fully saturated rings. The van der Waals surface area contributed by atoms with Crippen LogP contribution in [0.25, 0.3) is 10.9 Å². The Labute approximate surface area is 464 Å². The van der Waals surface area contributed by atoms with Crippen LogP contribution in [0.5, 0.6) is 11.5 Å². The summed E-state index contributed by atoms with van der Waals surface area (Å²) in [5.41, 5.74) is 7.59. The van der Waals surface area contributed by atoms with Crippen molar-refractivity contribution in [3.8, 4) is 11.5 Å². The average molecular weight is 1180 g/mol. The summed E-state index contributed by atoms with van der Waals surface area (Å²) in [4.78, 5) is 69.2. The maximum atomic E-state index is 13.8. The molecule has 2 unspecified atom stereocenters. The summed E-state index contributed by atoms with van der Waals surface area (Å²) in [6.07, 6.45) is 1.59. The van der Waals surface area contributed by atoms with Gasteiger partial charge >= 0.3 is 28.5 Å². The summed E-state index contributed by atoms with van der Waals surface area (Å²) in [5.74, 6) is -5.47. The van der Waals surface area contributed by atoms with Gasteiger partial charge in [-0.25, -0.2) is 23.0 Å². The highest BCUT2D eigenvalue weighted by molar-refractivity contribution is 7.89. The molecule has 0 aliphatic rings. The van der Waals surface area contributed by atoms with E-state index in [0.29, 0.717) is 114 Å². The molecule has 2 aromatic heterocycles. The van der Waals surface area contributed by atoms with E-state index < -0.39 is 63.1 Å². The van der Waals surface area contributed by atoms with Gasteiger partial charge in [-0.15, -0.1) is 0 Å². The average Bonchev–Trinajstić information content (AvgIpc) is 4.08. The van der Waals surface area contributed by atoms with Crippen LogP contribution < -0.4 is 40.6 Å². The first kappa shape index (κ1) is 64.6. The zero-order chi connectivity index (χ0) is 59.0. The van der Waals surface area contributed by atoms with E-state index in [2.05, 4.69) is 45.3 Å². The van der Waals surface area contributed by atoms with Gasteiger partial charge in [0.1, 0.15) is 17.5 Å². The number of alkyl halides is 3. The SMILES string of the molecule is Cc1cc(OCCCC(=O)NCCCOCCOCCOCCCNC(=O)C(N)Cc2ccc(OS(=O)(=O)O)cc2)cc(C)c1S(=O)(=O)NC(CNC(=O)c1ccc2c(cnn2CCCNc2ncc[nH]2)c1)C(=O)OC(=O)C(F)(F)F. The van der Waals surface area contributed by atoms with E-state index in [1.165, 1.54) is 68.6 Å². The number of hydrogen-bond donors (Lipinski definition) is 8. The lowest BCUT2D eigenvalue weighted by molar-refractivity contribution is -0.202. The lowest BCUT2D eigenvalue weighted by atomic mass is 10.1. The number of rotatable bonds is 36. The van der Waals surface area contributed by atoms with Gasteiger partial charge in [0.05, 0.1) is 55.7 Å². The zero-order valence-electron chi connectivity index (χ0n) is 44.3. The number of sulfonamides is 1. The van der Waals surface area contributed by atoms with Crippen molar-refractivity contribution < 1.29 is 86.4 Å². The molecule has 0 spiro atoms. The second kappa shape index (κ2) is 31.7. The molecule has 444 valence electrons. The fraction of sp³-hybridized carbons (Fsp3) is 0.460. The maximum Gasteiger partial charge on any atom is 0.491 e. The molecule has 2 atom stereocenters. The minimum absolute atomic E-state index is 0.0509. The summed E-state index contributed by atoms with van der Waals surface area (Å²) in [6.45, 7) is 5.84. The molecule has 26 nitrogen and oxygen atoms in total. The van der Waals surface area contributed by atoms with Gasteiger partial charge < -0.3 is 59.9 Å². The largest absolute Gasteiger partial charge is 0.494 e. The third-order valence-electron chi connectivity index (χ3n) is 11.4. The van der Waals surface area contributed by atoms with Crippen LogP contribution >= 0.6 is 0 Å². The molecule has 2 heterocycles. The number of H-pyrrole nitrogens is 1. The van der Waals surface area contributed by atoms with Crippen LogP contribution in [0, 0.1) is 13.8 Å². The van der Waals surface area contributed by atoms with Gasteiger partial charge in [-0.05, 0) is 105 Å². The number of carbonyl (C=O) groups excluding carboxylic acids is 5. The molecular formula is C50H65F3N10O16S2. The molecule has 0 aliphatic carbocycles. The highest BCUT2D eigenvalue weighted by Gasteiger charge is 2.44. The minimum atomic E-state index is -5.59. The quantitative estimate of drug-likeness (QED) is 0.0124. The van der Waals surface area contributed by atoms with Crippen LogP contribution in [0.1, 0.15) is 59.2 Å². The topological polar surface area (TPSA) is 362 Å². The Morgan fingerprint density at radius 3 is 2.07 bits per heavy atom. The van der Waals surface area contributed by atoms with E-state index in [1.807, 2.05) is 4.72 Å². The zero-order valence-corrected chi connectivity index (χ0v) is 45.9. The third kappa shape index (κ3) is 22.7. The van der Waals surface area contributed by atoms with Crippen LogP contribution in [0.4, 0.5) is 19.1 Å². The molecule has 9 N–H and O–H groups in total. The number of ether oxygens (including phenoxy) is 5. The number of fused-ring (bicyclic) bond motifs is 1. The predicted molar refractivity (Wildman–Crippen MR) is 284 cm³/mol. The number of aryl methyl sites for hydroxylation is 3. The first-order valence-corrected chi connectivity index (χ1v) is 28.2. The Morgan fingerprint density at radius 1 is 0.790 bits per heavy atom. The van der Waals surface area contributed by atoms with Gasteiger partial charge in [-0.2, -0.15) is 31.4 Å². The lowest BCUT2D eigenvalue weighted by Crippen LogP contribution is -2.50. The summed E-state index contributed by atoms with van der Waals surface area (Å²) in [5, 5.41) is 15.9. The van der Waals surface area contributed by atoms with Gasteiger partial charge in [0.25, 0.3) is 5.91 Å². The molecule has 0 bridgehead atoms. The van der Waals surface area contributed by atoms with Gasteiger partial charge in [-0.1, -0.05) is 12.1 Å². The molecule has 0 aliphatic heterocycles. The molecule has 0 radical (unpaired) electrons. The smallest absolute Gasteiger partial charge is 0.491 e. The number of nitrogens with one attached hydrogen (secondary N) is 6. The highest BCUT2D eigenvalue weighted by atomic mass is 32.3. The summed E-state index contributed by atoms with van der Waals surface area (Å²) in [7, 11) is -9.40. The maximum absolute atomic E-state index is 13.8. The first-order chi connectivity index (χ1) is 38.5. The fourth-order valence-electron chi connectivity index (χ4n) is 7.68. The van der Waals surface area contributed by atoms with E-state index in [0.717, 1.165) is 0 Å². The van der Waals surface area contributed by atoms with Crippen LogP contribution in [0.2, 0.25) is 0 Å².